The Kier molecular flexibility index (Phi) is 4.70. The van der Waals surface area contributed by atoms with Gasteiger partial charge in [0.2, 0.25) is 5.91 Å². The Hall–Kier alpha value is -1.64. The first-order valence-electron chi connectivity index (χ1n) is 5.53. The molecule has 1 aliphatic heterocycles. The zero-order chi connectivity index (χ0) is 12.0. The van der Waals surface area contributed by atoms with E-state index in [2.05, 4.69) is 6.58 Å². The van der Waals surface area contributed by atoms with E-state index >= 15 is 0 Å². The van der Waals surface area contributed by atoms with Crippen LogP contribution in [0.25, 0.3) is 0 Å². The normalized spacial score (nSPS) is 21.3. The second kappa shape index (κ2) is 6.05. The van der Waals surface area contributed by atoms with Crippen LogP contribution in [0.15, 0.2) is 36.5 Å². The molecule has 0 aromatic heterocycles. The van der Waals surface area contributed by atoms with Crippen molar-refractivity contribution >= 4 is 11.8 Å². The summed E-state index contributed by atoms with van der Waals surface area (Å²) in [5.74, 6) is -0.432. The van der Waals surface area contributed by atoms with E-state index in [9.17, 15) is 9.59 Å². The summed E-state index contributed by atoms with van der Waals surface area (Å²) in [4.78, 5) is 25.0. The van der Waals surface area contributed by atoms with Crippen molar-refractivity contribution in [2.75, 3.05) is 6.54 Å². The number of amides is 2. The predicted molar refractivity (Wildman–Crippen MR) is 63.7 cm³/mol. The summed E-state index contributed by atoms with van der Waals surface area (Å²) >= 11 is 0. The summed E-state index contributed by atoms with van der Waals surface area (Å²) in [6.45, 7) is 6.18. The number of carbonyl (C=O) groups is 2. The molecule has 0 atom stereocenters. The number of nitrogens with zero attached hydrogens (tertiary/aromatic N) is 1. The fourth-order valence-corrected chi connectivity index (χ4v) is 1.43. The minimum absolute atomic E-state index is 0.153. The molecule has 1 heterocycles. The van der Waals surface area contributed by atoms with E-state index in [1.807, 2.05) is 6.92 Å². The van der Waals surface area contributed by atoms with Crippen LogP contribution in [0.4, 0.5) is 0 Å². The van der Waals surface area contributed by atoms with Crippen molar-refractivity contribution < 1.29 is 9.59 Å². The number of carbonyl (C=O) groups excluding carboxylic acids is 2. The molecule has 0 bridgehead atoms. The summed E-state index contributed by atoms with van der Waals surface area (Å²) in [7, 11) is 0. The predicted octanol–water partition coefficient (Wildman–Crippen LogP) is 2.21. The quantitative estimate of drug-likeness (QED) is 0.539. The van der Waals surface area contributed by atoms with Crippen LogP contribution in [0.1, 0.15) is 26.2 Å². The van der Waals surface area contributed by atoms with E-state index in [0.29, 0.717) is 12.1 Å². The van der Waals surface area contributed by atoms with E-state index in [0.717, 1.165) is 12.8 Å². The molecule has 3 nitrogen and oxygen atoms in total. The largest absolute Gasteiger partial charge is 0.278 e. The maximum absolute atomic E-state index is 11.9. The van der Waals surface area contributed by atoms with Crippen molar-refractivity contribution in [3.8, 4) is 0 Å². The highest BCUT2D eigenvalue weighted by molar-refractivity contribution is 6.05. The number of imide groups is 1. The molecular weight excluding hydrogens is 202 g/mol. The molecule has 86 valence electrons. The van der Waals surface area contributed by atoms with Gasteiger partial charge >= 0.3 is 0 Å². The highest BCUT2D eigenvalue weighted by atomic mass is 16.2. The van der Waals surface area contributed by atoms with Gasteiger partial charge in [0.05, 0.1) is 0 Å². The van der Waals surface area contributed by atoms with Gasteiger partial charge in [-0.3, -0.25) is 14.5 Å². The van der Waals surface area contributed by atoms with Crippen LogP contribution in [0.2, 0.25) is 0 Å². The molecule has 0 fully saturated rings. The minimum Gasteiger partial charge on any atom is -0.278 e. The third-order valence-corrected chi connectivity index (χ3v) is 2.39. The molecule has 3 heteroatoms. The van der Waals surface area contributed by atoms with Crippen molar-refractivity contribution in [3.63, 3.8) is 0 Å². The van der Waals surface area contributed by atoms with Crippen molar-refractivity contribution in [3.05, 3.63) is 36.5 Å². The van der Waals surface area contributed by atoms with E-state index in [4.69, 9.17) is 0 Å². The van der Waals surface area contributed by atoms with Gasteiger partial charge in [-0.05, 0) is 6.42 Å². The molecular formula is C13H17NO2. The van der Waals surface area contributed by atoms with Gasteiger partial charge in [0.1, 0.15) is 0 Å². The lowest BCUT2D eigenvalue weighted by atomic mass is 10.2. The second-order valence-corrected chi connectivity index (χ2v) is 3.72. The van der Waals surface area contributed by atoms with Gasteiger partial charge in [0.25, 0.3) is 5.91 Å². The smallest absolute Gasteiger partial charge is 0.259 e. The van der Waals surface area contributed by atoms with E-state index in [1.165, 1.54) is 4.90 Å². The Morgan fingerprint density at radius 3 is 2.81 bits per heavy atom. The molecule has 0 aromatic rings. The van der Waals surface area contributed by atoms with E-state index in [-0.39, 0.29) is 18.2 Å². The van der Waals surface area contributed by atoms with Crippen molar-refractivity contribution in [2.24, 2.45) is 0 Å². The fourth-order valence-electron chi connectivity index (χ4n) is 1.43. The molecule has 1 rings (SSSR count). The molecule has 0 unspecified atom stereocenters. The minimum atomic E-state index is -0.279. The molecule has 0 saturated carbocycles. The average Bonchev–Trinajstić information content (AvgIpc) is 2.32. The Labute approximate surface area is 96.1 Å². The number of hydrogen-bond donors (Lipinski definition) is 0. The van der Waals surface area contributed by atoms with Gasteiger partial charge in [0, 0.05) is 18.5 Å². The SMILES string of the molecule is C=C1/C=C\C=C/CC(=O)N(CCCC)C1=O. The lowest BCUT2D eigenvalue weighted by molar-refractivity contribution is -0.141. The number of allylic oxidation sites excluding steroid dienone is 2. The Morgan fingerprint density at radius 1 is 1.38 bits per heavy atom. The Balaban J connectivity index is 2.85. The van der Waals surface area contributed by atoms with Gasteiger partial charge in [-0.2, -0.15) is 0 Å². The third kappa shape index (κ3) is 3.19. The topological polar surface area (TPSA) is 37.4 Å². The van der Waals surface area contributed by atoms with Gasteiger partial charge in [-0.1, -0.05) is 44.2 Å². The lowest BCUT2D eigenvalue weighted by Gasteiger charge is -2.19. The monoisotopic (exact) mass is 219 g/mol. The van der Waals surface area contributed by atoms with Crippen molar-refractivity contribution in [1.82, 2.24) is 4.90 Å². The van der Waals surface area contributed by atoms with Crippen LogP contribution in [-0.2, 0) is 9.59 Å². The maximum Gasteiger partial charge on any atom is 0.259 e. The van der Waals surface area contributed by atoms with Crippen LogP contribution in [-0.4, -0.2) is 23.3 Å². The van der Waals surface area contributed by atoms with Crippen LogP contribution in [0.5, 0.6) is 0 Å². The molecule has 0 aromatic carbocycles. The van der Waals surface area contributed by atoms with E-state index in [1.54, 1.807) is 24.3 Å². The summed E-state index contributed by atoms with van der Waals surface area (Å²) in [5.41, 5.74) is 0.357. The summed E-state index contributed by atoms with van der Waals surface area (Å²) < 4.78 is 0. The molecule has 1 aliphatic rings. The first-order chi connectivity index (χ1) is 7.66. The zero-order valence-electron chi connectivity index (χ0n) is 9.61. The van der Waals surface area contributed by atoms with Gasteiger partial charge < -0.3 is 0 Å². The Bertz CT molecular complexity index is 353. The van der Waals surface area contributed by atoms with Crippen LogP contribution in [0.3, 0.4) is 0 Å². The number of hydrogen-bond acceptors (Lipinski definition) is 2. The Morgan fingerprint density at radius 2 is 2.12 bits per heavy atom. The molecule has 0 spiro atoms. The first-order valence-corrected chi connectivity index (χ1v) is 5.53. The van der Waals surface area contributed by atoms with Crippen LogP contribution >= 0.6 is 0 Å². The van der Waals surface area contributed by atoms with Crippen molar-refractivity contribution in [1.29, 1.82) is 0 Å². The van der Waals surface area contributed by atoms with Gasteiger partial charge in [-0.15, -0.1) is 0 Å². The zero-order valence-corrected chi connectivity index (χ0v) is 9.61. The fraction of sp³-hybridized carbons (Fsp3) is 0.385. The molecule has 0 radical (unpaired) electrons. The lowest BCUT2D eigenvalue weighted by Crippen LogP contribution is -2.37. The summed E-state index contributed by atoms with van der Waals surface area (Å²) in [5, 5.41) is 0. The first kappa shape index (κ1) is 12.4. The molecule has 16 heavy (non-hydrogen) atoms. The maximum atomic E-state index is 11.9. The van der Waals surface area contributed by atoms with Gasteiger partial charge in [-0.25, -0.2) is 0 Å². The van der Waals surface area contributed by atoms with Crippen LogP contribution in [0, 0.1) is 0 Å². The molecule has 2 amide bonds. The highest BCUT2D eigenvalue weighted by Gasteiger charge is 2.21. The van der Waals surface area contributed by atoms with Gasteiger partial charge in [0.15, 0.2) is 0 Å². The molecule has 0 aliphatic carbocycles. The summed E-state index contributed by atoms with van der Waals surface area (Å²) in [6, 6.07) is 0. The molecule has 0 saturated heterocycles. The third-order valence-electron chi connectivity index (χ3n) is 2.39. The summed E-state index contributed by atoms with van der Waals surface area (Å²) in [6.07, 6.45) is 8.94. The standard InChI is InChI=1S/C13H17NO2/c1-3-4-10-14-12(15)9-7-5-6-8-11(2)13(14)16/h5-8H,2-4,9-10H2,1H3/b7-5-,8-6-. The second-order valence-electron chi connectivity index (χ2n) is 3.72. The molecule has 0 N–H and O–H groups in total. The highest BCUT2D eigenvalue weighted by Crippen LogP contribution is 2.09. The number of unbranched alkanes of at least 4 members (excludes halogenated alkanes) is 1. The average molecular weight is 219 g/mol. The van der Waals surface area contributed by atoms with E-state index < -0.39 is 0 Å². The van der Waals surface area contributed by atoms with Crippen molar-refractivity contribution in [2.45, 2.75) is 26.2 Å². The van der Waals surface area contributed by atoms with Crippen LogP contribution < -0.4 is 0 Å². The number of rotatable bonds is 3.